The number of aromatic nitrogens is 3. The molecular formula is C42H67BN4O14. The molecule has 0 saturated carbocycles. The molecule has 3 aliphatic heterocycles. The molecule has 2 fully saturated rings. The average molecular weight is 863 g/mol. The SMILES string of the molecule is [B]n1cc(CCN(C)C2C(O)C(C)O[C@@H](O[C@H]3[C@@H](CC=O)C[C@@H](C)C(=O)/C=C/C(C)=C/C(COC4OC(C)C(O)C(OC)C4OC)C(CC)OC(=O)C[C@@H](O)[C@@H]3C)C2O)nn1. The van der Waals surface area contributed by atoms with Crippen molar-refractivity contribution in [2.45, 2.75) is 153 Å². The fraction of sp³-hybridized carbons (Fsp3) is 0.786. The van der Waals surface area contributed by atoms with Crippen LogP contribution in [0.3, 0.4) is 0 Å². The zero-order valence-electron chi connectivity index (χ0n) is 36.9. The number of aliphatic hydroxyl groups is 4. The molecular weight excluding hydrogens is 795 g/mol. The van der Waals surface area contributed by atoms with Crippen LogP contribution < -0.4 is 0 Å². The molecule has 61 heavy (non-hydrogen) atoms. The van der Waals surface area contributed by atoms with Crippen LogP contribution in [0.15, 0.2) is 30.0 Å². The van der Waals surface area contributed by atoms with Gasteiger partial charge in [0.2, 0.25) is 0 Å². The van der Waals surface area contributed by atoms with E-state index in [0.29, 0.717) is 36.9 Å². The molecule has 0 spiro atoms. The fourth-order valence-corrected chi connectivity index (χ4v) is 8.54. The zero-order valence-corrected chi connectivity index (χ0v) is 36.9. The van der Waals surface area contributed by atoms with Crippen LogP contribution in [-0.2, 0) is 54.0 Å². The Bertz CT molecular complexity index is 1620. The Balaban J connectivity index is 1.61. The lowest BCUT2D eigenvalue weighted by Gasteiger charge is -2.47. The van der Waals surface area contributed by atoms with Gasteiger partial charge in [0.15, 0.2) is 18.4 Å². The van der Waals surface area contributed by atoms with Gasteiger partial charge < -0.3 is 63.0 Å². The molecule has 19 heteroatoms. The summed E-state index contributed by atoms with van der Waals surface area (Å²) in [6.07, 6.45) is -4.09. The van der Waals surface area contributed by atoms with E-state index in [1.54, 1.807) is 58.8 Å². The minimum Gasteiger partial charge on any atom is -0.462 e. The molecule has 342 valence electrons. The van der Waals surface area contributed by atoms with Gasteiger partial charge in [-0.05, 0) is 52.7 Å². The summed E-state index contributed by atoms with van der Waals surface area (Å²) in [5.41, 5.74) is 1.30. The number of aldehydes is 1. The minimum absolute atomic E-state index is 0.00430. The van der Waals surface area contributed by atoms with E-state index in [1.807, 2.05) is 13.0 Å². The molecule has 18 nitrogen and oxygen atoms in total. The lowest BCUT2D eigenvalue weighted by atomic mass is 9.79. The van der Waals surface area contributed by atoms with Crippen LogP contribution in [0, 0.1) is 23.7 Å². The highest BCUT2D eigenvalue weighted by molar-refractivity contribution is 6.05. The van der Waals surface area contributed by atoms with Gasteiger partial charge in [-0.15, -0.1) is 5.10 Å². The monoisotopic (exact) mass is 862 g/mol. The van der Waals surface area contributed by atoms with Gasteiger partial charge >= 0.3 is 5.97 Å². The number of carbonyl (C=O) groups is 3. The van der Waals surface area contributed by atoms with Crippen molar-refractivity contribution < 1.29 is 68.0 Å². The maximum absolute atomic E-state index is 13.7. The number of methoxy groups -OCH3 is 2. The largest absolute Gasteiger partial charge is 0.462 e. The van der Waals surface area contributed by atoms with Gasteiger partial charge in [0.25, 0.3) is 7.98 Å². The number of hydrogen-bond donors (Lipinski definition) is 4. The molecule has 2 radical (unpaired) electrons. The van der Waals surface area contributed by atoms with Crippen molar-refractivity contribution in [1.29, 1.82) is 0 Å². The summed E-state index contributed by atoms with van der Waals surface area (Å²) in [5.74, 6) is -3.57. The van der Waals surface area contributed by atoms with Gasteiger partial charge in [0.1, 0.15) is 36.8 Å². The summed E-state index contributed by atoms with van der Waals surface area (Å²) >= 11 is 0. The van der Waals surface area contributed by atoms with E-state index >= 15 is 0 Å². The maximum atomic E-state index is 13.7. The third kappa shape index (κ3) is 13.3. The molecule has 1 aromatic heterocycles. The molecule has 0 aromatic carbocycles. The van der Waals surface area contributed by atoms with Crippen molar-refractivity contribution in [1.82, 2.24) is 19.8 Å². The number of carbonyl (C=O) groups excluding carboxylic acids is 3. The van der Waals surface area contributed by atoms with Crippen LogP contribution in [0.2, 0.25) is 0 Å². The maximum Gasteiger partial charge on any atom is 0.308 e. The summed E-state index contributed by atoms with van der Waals surface area (Å²) in [4.78, 5) is 41.3. The number of aliphatic hydroxyl groups excluding tert-OH is 4. The minimum atomic E-state index is -1.40. The molecule has 2 saturated heterocycles. The summed E-state index contributed by atoms with van der Waals surface area (Å²) < 4.78 is 43.1. The van der Waals surface area contributed by atoms with Gasteiger partial charge in [-0.2, -0.15) is 0 Å². The second-order valence-electron chi connectivity index (χ2n) is 16.8. The molecule has 4 heterocycles. The second-order valence-corrected chi connectivity index (χ2v) is 16.8. The number of ether oxygens (including phenoxy) is 7. The van der Waals surface area contributed by atoms with Crippen LogP contribution in [0.4, 0.5) is 0 Å². The van der Waals surface area contributed by atoms with Crippen LogP contribution >= 0.6 is 0 Å². The summed E-state index contributed by atoms with van der Waals surface area (Å²) in [5, 5.41) is 53.1. The van der Waals surface area contributed by atoms with Crippen LogP contribution in [-0.4, -0.2) is 180 Å². The number of hydrogen-bond acceptors (Lipinski definition) is 17. The summed E-state index contributed by atoms with van der Waals surface area (Å²) in [6.45, 7) is 10.8. The molecule has 17 atom stereocenters. The molecule has 4 rings (SSSR count). The highest BCUT2D eigenvalue weighted by Gasteiger charge is 2.48. The van der Waals surface area contributed by atoms with E-state index in [-0.39, 0.29) is 25.2 Å². The van der Waals surface area contributed by atoms with Gasteiger partial charge in [-0.25, -0.2) is 0 Å². The molecule has 4 N–H and O–H groups in total. The molecule has 1 aromatic rings. The van der Waals surface area contributed by atoms with Crippen LogP contribution in [0.25, 0.3) is 0 Å². The zero-order chi connectivity index (χ0) is 45.1. The number of nitrogens with zero attached hydrogens (tertiary/aromatic N) is 4. The first kappa shape index (κ1) is 50.7. The summed E-state index contributed by atoms with van der Waals surface area (Å²) in [7, 11) is 10.3. The first-order valence-corrected chi connectivity index (χ1v) is 21.2. The van der Waals surface area contributed by atoms with Gasteiger partial charge in [-0.1, -0.05) is 43.7 Å². The van der Waals surface area contributed by atoms with E-state index in [2.05, 4.69) is 10.3 Å². The predicted molar refractivity (Wildman–Crippen MR) is 220 cm³/mol. The molecule has 0 aliphatic carbocycles. The third-order valence-electron chi connectivity index (χ3n) is 12.3. The Morgan fingerprint density at radius 2 is 1.64 bits per heavy atom. The lowest BCUT2D eigenvalue weighted by molar-refractivity contribution is -0.305. The van der Waals surface area contributed by atoms with Crippen LogP contribution in [0.5, 0.6) is 0 Å². The van der Waals surface area contributed by atoms with Gasteiger partial charge in [0.05, 0.1) is 55.3 Å². The highest BCUT2D eigenvalue weighted by Crippen LogP contribution is 2.35. The van der Waals surface area contributed by atoms with Crippen molar-refractivity contribution >= 4 is 26.0 Å². The second kappa shape index (κ2) is 23.7. The van der Waals surface area contributed by atoms with Crippen molar-refractivity contribution in [2.75, 3.05) is 34.4 Å². The Morgan fingerprint density at radius 3 is 2.26 bits per heavy atom. The number of allylic oxidation sites excluding steroid dienone is 3. The number of esters is 1. The molecule has 3 aliphatic rings. The predicted octanol–water partition coefficient (Wildman–Crippen LogP) is 0.698. The van der Waals surface area contributed by atoms with Crippen molar-refractivity contribution in [2.24, 2.45) is 23.7 Å². The Morgan fingerprint density at radius 1 is 0.967 bits per heavy atom. The van der Waals surface area contributed by atoms with Gasteiger partial charge in [0, 0.05) is 57.6 Å². The Labute approximate surface area is 360 Å². The first-order chi connectivity index (χ1) is 28.9. The smallest absolute Gasteiger partial charge is 0.308 e. The van der Waals surface area contributed by atoms with Gasteiger partial charge in [-0.3, -0.25) is 14.5 Å². The first-order valence-electron chi connectivity index (χ1n) is 21.2. The van der Waals surface area contributed by atoms with Crippen molar-refractivity contribution in [3.8, 4) is 0 Å². The number of rotatable bonds is 14. The Hall–Kier alpha value is -2.95. The molecule has 11 unspecified atom stereocenters. The normalized spacial score (nSPS) is 40.0. The van der Waals surface area contributed by atoms with E-state index in [4.69, 9.17) is 41.1 Å². The average Bonchev–Trinajstić information content (AvgIpc) is 3.65. The van der Waals surface area contributed by atoms with E-state index in [1.165, 1.54) is 20.3 Å². The number of ketones is 1. The molecule has 0 bridgehead atoms. The Kier molecular flexibility index (Phi) is 19.7. The van der Waals surface area contributed by atoms with E-state index in [0.717, 1.165) is 4.59 Å². The fourth-order valence-electron chi connectivity index (χ4n) is 8.54. The van der Waals surface area contributed by atoms with E-state index < -0.39 is 116 Å². The molecule has 0 amide bonds. The summed E-state index contributed by atoms with van der Waals surface area (Å²) in [6, 6.07) is -0.862. The highest BCUT2D eigenvalue weighted by atomic mass is 16.7. The van der Waals surface area contributed by atoms with E-state index in [9.17, 15) is 34.8 Å². The lowest BCUT2D eigenvalue weighted by Crippen LogP contribution is -2.64. The van der Waals surface area contributed by atoms with Crippen molar-refractivity contribution in [3.63, 3.8) is 0 Å². The number of cyclic esters (lactones) is 1. The van der Waals surface area contributed by atoms with Crippen molar-refractivity contribution in [3.05, 3.63) is 35.7 Å². The quantitative estimate of drug-likeness (QED) is 0.115. The number of likely N-dealkylation sites (N-methyl/N-ethyl adjacent to an activating group) is 1. The van der Waals surface area contributed by atoms with Crippen LogP contribution in [0.1, 0.15) is 72.9 Å². The standard InChI is InChI=1S/C42H67BN4O14/c1-10-32-28(21-57-42-40(56-9)39(55-8)36(53)26(6)59-42)17-22(2)11-12-30(49)23(3)18-27(14-16-48)38(24(4)31(50)19-33(51)60-32)61-41-37(54)34(35(52)25(5)58-41)46(7)15-13-29-20-47(43)45-44-29/h11-12,16-17,20,23-28,31-32,34-42,50,52-54H,10,13-15,18-19,21H2,1-9H3/b12-11+,22-17+/t23-,24+,25?,26?,27+,28?,31-,32?,34?,35?,36?,37?,38-,39?,40?,41+,42?/m1/s1. The third-order valence-corrected chi connectivity index (χ3v) is 12.3. The topological polar surface area (TPSA) is 231 Å².